The summed E-state index contributed by atoms with van der Waals surface area (Å²) in [5.41, 5.74) is 1.95. The lowest BCUT2D eigenvalue weighted by Gasteiger charge is -2.16. The van der Waals surface area contributed by atoms with E-state index < -0.39 is 0 Å². The van der Waals surface area contributed by atoms with Crippen LogP contribution in [0.15, 0.2) is 24.3 Å². The van der Waals surface area contributed by atoms with Gasteiger partial charge in [-0.05, 0) is 37.0 Å². The van der Waals surface area contributed by atoms with E-state index in [2.05, 4.69) is 11.8 Å². The monoisotopic (exact) mass is 244 g/mol. The van der Waals surface area contributed by atoms with Crippen molar-refractivity contribution in [3.05, 3.63) is 35.4 Å². The summed E-state index contributed by atoms with van der Waals surface area (Å²) in [7, 11) is 0. The Bertz CT molecular complexity index is 436. The van der Waals surface area contributed by atoms with Gasteiger partial charge < -0.3 is 9.84 Å². The van der Waals surface area contributed by atoms with E-state index in [1.807, 2.05) is 31.2 Å². The number of rotatable bonds is 2. The van der Waals surface area contributed by atoms with Crippen LogP contribution >= 0.6 is 0 Å². The predicted molar refractivity (Wildman–Crippen MR) is 72.1 cm³/mol. The first-order chi connectivity index (χ1) is 8.79. The van der Waals surface area contributed by atoms with E-state index in [0.29, 0.717) is 5.92 Å². The van der Waals surface area contributed by atoms with Crippen LogP contribution in [0.1, 0.15) is 43.4 Å². The van der Waals surface area contributed by atoms with E-state index in [-0.39, 0.29) is 6.10 Å². The summed E-state index contributed by atoms with van der Waals surface area (Å²) in [6.45, 7) is 3.63. The number of hydrogen-bond donors (Lipinski definition) is 1. The molecule has 1 saturated heterocycles. The molecule has 0 radical (unpaired) electrons. The fourth-order valence-electron chi connectivity index (χ4n) is 2.09. The third-order valence-corrected chi connectivity index (χ3v) is 3.30. The van der Waals surface area contributed by atoms with Crippen molar-refractivity contribution >= 4 is 0 Å². The van der Waals surface area contributed by atoms with Crippen LogP contribution in [0.5, 0.6) is 0 Å². The highest BCUT2D eigenvalue weighted by atomic mass is 16.5. The summed E-state index contributed by atoms with van der Waals surface area (Å²) in [6.07, 6.45) is 2.42. The summed E-state index contributed by atoms with van der Waals surface area (Å²) >= 11 is 0. The van der Waals surface area contributed by atoms with E-state index in [0.717, 1.165) is 43.6 Å². The van der Waals surface area contributed by atoms with Crippen molar-refractivity contribution in [2.45, 2.75) is 32.3 Å². The normalized spacial score (nSPS) is 17.9. The number of aliphatic hydroxyl groups excluding tert-OH is 1. The van der Waals surface area contributed by atoms with E-state index in [9.17, 15) is 5.11 Å². The molecule has 0 spiro atoms. The number of hydrogen-bond acceptors (Lipinski definition) is 2. The first kappa shape index (κ1) is 13.1. The van der Waals surface area contributed by atoms with Crippen molar-refractivity contribution in [2.24, 2.45) is 5.92 Å². The minimum Gasteiger partial charge on any atom is -0.388 e. The first-order valence-corrected chi connectivity index (χ1v) is 6.67. The predicted octanol–water partition coefficient (Wildman–Crippen LogP) is 2.91. The van der Waals surface area contributed by atoms with E-state index in [1.165, 1.54) is 0 Å². The molecule has 0 aromatic heterocycles. The number of ether oxygens (including phenoxy) is 1. The highest BCUT2D eigenvalue weighted by molar-refractivity contribution is 5.38. The molecule has 1 aromatic carbocycles. The average Bonchev–Trinajstić information content (AvgIpc) is 2.45. The van der Waals surface area contributed by atoms with Gasteiger partial charge in [0.25, 0.3) is 0 Å². The second-order valence-electron chi connectivity index (χ2n) is 4.71. The van der Waals surface area contributed by atoms with Crippen molar-refractivity contribution < 1.29 is 9.84 Å². The standard InChI is InChI=1S/C16H20O2/c1-2-16(17)15-5-3-4-14(12-15)7-6-13-8-10-18-11-9-13/h3-5,12-13,16-17H,2,8-11H2,1H3. The molecule has 18 heavy (non-hydrogen) atoms. The molecule has 1 heterocycles. The molecule has 1 aliphatic rings. The molecule has 1 aromatic rings. The van der Waals surface area contributed by atoms with Crippen LogP contribution in [0.2, 0.25) is 0 Å². The van der Waals surface area contributed by atoms with Crippen molar-refractivity contribution in [3.63, 3.8) is 0 Å². The van der Waals surface area contributed by atoms with Gasteiger partial charge in [0, 0.05) is 24.7 Å². The molecule has 1 aliphatic heterocycles. The Balaban J connectivity index is 2.06. The maximum Gasteiger partial charge on any atom is 0.0787 e. The Kier molecular flexibility index (Phi) is 4.81. The topological polar surface area (TPSA) is 29.5 Å². The summed E-state index contributed by atoms with van der Waals surface area (Å²) in [6, 6.07) is 7.90. The minimum absolute atomic E-state index is 0.380. The van der Waals surface area contributed by atoms with E-state index in [1.54, 1.807) is 0 Å². The fraction of sp³-hybridized carbons (Fsp3) is 0.500. The molecule has 1 fully saturated rings. The minimum atomic E-state index is -0.380. The van der Waals surface area contributed by atoms with Crippen molar-refractivity contribution in [1.29, 1.82) is 0 Å². The molecule has 0 saturated carbocycles. The Morgan fingerprint density at radius 3 is 2.89 bits per heavy atom. The quantitative estimate of drug-likeness (QED) is 0.811. The number of aliphatic hydroxyl groups is 1. The summed E-state index contributed by atoms with van der Waals surface area (Å²) in [5.74, 6) is 6.98. The van der Waals surface area contributed by atoms with Crippen LogP contribution < -0.4 is 0 Å². The molecule has 0 bridgehead atoms. The van der Waals surface area contributed by atoms with Gasteiger partial charge in [0.15, 0.2) is 0 Å². The van der Waals surface area contributed by atoms with Gasteiger partial charge in [-0.25, -0.2) is 0 Å². The summed E-state index contributed by atoms with van der Waals surface area (Å²) in [5, 5.41) is 9.81. The molecular formula is C16H20O2. The maximum atomic E-state index is 9.81. The van der Waals surface area contributed by atoms with Crippen molar-refractivity contribution in [3.8, 4) is 11.8 Å². The van der Waals surface area contributed by atoms with Crippen LogP contribution in [-0.4, -0.2) is 18.3 Å². The molecule has 1 unspecified atom stereocenters. The molecule has 2 heteroatoms. The van der Waals surface area contributed by atoms with Gasteiger partial charge >= 0.3 is 0 Å². The fourth-order valence-corrected chi connectivity index (χ4v) is 2.09. The molecular weight excluding hydrogens is 224 g/mol. The zero-order chi connectivity index (χ0) is 12.8. The van der Waals surface area contributed by atoms with Gasteiger partial charge in [-0.1, -0.05) is 30.9 Å². The second kappa shape index (κ2) is 6.58. The van der Waals surface area contributed by atoms with Crippen molar-refractivity contribution in [2.75, 3.05) is 13.2 Å². The van der Waals surface area contributed by atoms with Crippen LogP contribution in [-0.2, 0) is 4.74 Å². The smallest absolute Gasteiger partial charge is 0.0787 e. The van der Waals surface area contributed by atoms with Crippen LogP contribution in [0.3, 0.4) is 0 Å². The van der Waals surface area contributed by atoms with Crippen LogP contribution in [0.25, 0.3) is 0 Å². The zero-order valence-electron chi connectivity index (χ0n) is 10.9. The van der Waals surface area contributed by atoms with Gasteiger partial charge in [0.1, 0.15) is 0 Å². The summed E-state index contributed by atoms with van der Waals surface area (Å²) in [4.78, 5) is 0. The largest absolute Gasteiger partial charge is 0.388 e. The second-order valence-corrected chi connectivity index (χ2v) is 4.71. The maximum absolute atomic E-state index is 9.81. The Hall–Kier alpha value is -1.30. The van der Waals surface area contributed by atoms with Crippen LogP contribution in [0, 0.1) is 17.8 Å². The van der Waals surface area contributed by atoms with E-state index >= 15 is 0 Å². The lowest BCUT2D eigenvalue weighted by atomic mass is 10.00. The highest BCUT2D eigenvalue weighted by Crippen LogP contribution is 2.17. The van der Waals surface area contributed by atoms with Gasteiger partial charge in [0.2, 0.25) is 0 Å². The first-order valence-electron chi connectivity index (χ1n) is 6.67. The Morgan fingerprint density at radius 1 is 1.39 bits per heavy atom. The average molecular weight is 244 g/mol. The van der Waals surface area contributed by atoms with E-state index in [4.69, 9.17) is 4.74 Å². The lowest BCUT2D eigenvalue weighted by molar-refractivity contribution is 0.0807. The Morgan fingerprint density at radius 2 is 2.17 bits per heavy atom. The molecule has 2 rings (SSSR count). The van der Waals surface area contributed by atoms with Gasteiger partial charge in [-0.15, -0.1) is 0 Å². The molecule has 96 valence electrons. The molecule has 0 amide bonds. The van der Waals surface area contributed by atoms with Gasteiger partial charge in [0.05, 0.1) is 6.10 Å². The SMILES string of the molecule is CCC(O)c1cccc(C#CC2CCOCC2)c1. The zero-order valence-corrected chi connectivity index (χ0v) is 10.9. The summed E-state index contributed by atoms with van der Waals surface area (Å²) < 4.78 is 5.32. The molecule has 1 N–H and O–H groups in total. The lowest BCUT2D eigenvalue weighted by Crippen LogP contribution is -2.13. The third-order valence-electron chi connectivity index (χ3n) is 3.30. The Labute approximate surface area is 109 Å². The van der Waals surface area contributed by atoms with Gasteiger partial charge in [-0.3, -0.25) is 0 Å². The number of benzene rings is 1. The van der Waals surface area contributed by atoms with Gasteiger partial charge in [-0.2, -0.15) is 0 Å². The van der Waals surface area contributed by atoms with Crippen LogP contribution in [0.4, 0.5) is 0 Å². The molecule has 2 nitrogen and oxygen atoms in total. The van der Waals surface area contributed by atoms with Crippen molar-refractivity contribution in [1.82, 2.24) is 0 Å². The third kappa shape index (κ3) is 3.60. The highest BCUT2D eigenvalue weighted by Gasteiger charge is 2.10. The molecule has 1 atom stereocenters. The molecule has 0 aliphatic carbocycles.